The van der Waals surface area contributed by atoms with Crippen LogP contribution in [0.1, 0.15) is 36.0 Å². The first kappa shape index (κ1) is 9.25. The van der Waals surface area contributed by atoms with Gasteiger partial charge in [0.1, 0.15) is 6.10 Å². The Morgan fingerprint density at radius 1 is 1.14 bits per heavy atom. The van der Waals surface area contributed by atoms with Gasteiger partial charge in [-0.15, -0.1) is 0 Å². The zero-order chi connectivity index (χ0) is 9.80. The molecule has 1 aromatic rings. The van der Waals surface area contributed by atoms with Crippen molar-refractivity contribution >= 4 is 5.97 Å². The minimum atomic E-state index is -0.183. The van der Waals surface area contributed by atoms with Crippen molar-refractivity contribution in [1.29, 1.82) is 0 Å². The normalized spacial score (nSPS) is 16.9. The number of carbonyl (C=O) groups is 1. The highest BCUT2D eigenvalue weighted by Gasteiger charge is 2.19. The van der Waals surface area contributed by atoms with Crippen molar-refractivity contribution in [3.63, 3.8) is 0 Å². The van der Waals surface area contributed by atoms with E-state index >= 15 is 0 Å². The van der Waals surface area contributed by atoms with E-state index in [2.05, 4.69) is 0 Å². The van der Waals surface area contributed by atoms with Crippen molar-refractivity contribution in [3.05, 3.63) is 35.9 Å². The first-order valence-electron chi connectivity index (χ1n) is 5.12. The number of benzene rings is 1. The van der Waals surface area contributed by atoms with E-state index in [1.807, 2.05) is 18.2 Å². The van der Waals surface area contributed by atoms with Crippen LogP contribution in [0.25, 0.3) is 0 Å². The van der Waals surface area contributed by atoms with Crippen LogP contribution in [0.2, 0.25) is 0 Å². The predicted molar refractivity (Wildman–Crippen MR) is 54.1 cm³/mol. The smallest absolute Gasteiger partial charge is 0.338 e. The molecule has 0 radical (unpaired) electrons. The van der Waals surface area contributed by atoms with Crippen molar-refractivity contribution in [3.8, 4) is 0 Å². The molecule has 2 nitrogen and oxygen atoms in total. The number of hydrogen-bond acceptors (Lipinski definition) is 2. The molecule has 0 heterocycles. The maximum atomic E-state index is 11.6. The van der Waals surface area contributed by atoms with Gasteiger partial charge in [0, 0.05) is 0 Å². The van der Waals surface area contributed by atoms with E-state index in [1.165, 1.54) is 12.8 Å². The maximum absolute atomic E-state index is 11.6. The third-order valence-electron chi connectivity index (χ3n) is 2.59. The summed E-state index contributed by atoms with van der Waals surface area (Å²) < 4.78 is 5.36. The van der Waals surface area contributed by atoms with Crippen LogP contribution in [-0.2, 0) is 4.74 Å². The Balaban J connectivity index is 1.95. The van der Waals surface area contributed by atoms with Gasteiger partial charge in [-0.2, -0.15) is 0 Å². The van der Waals surface area contributed by atoms with E-state index in [9.17, 15) is 4.79 Å². The summed E-state index contributed by atoms with van der Waals surface area (Å²) in [5.74, 6) is -0.183. The molecule has 74 valence electrons. The lowest BCUT2D eigenvalue weighted by atomic mass is 10.2. The number of hydrogen-bond donors (Lipinski definition) is 0. The van der Waals surface area contributed by atoms with Gasteiger partial charge in [0.25, 0.3) is 0 Å². The van der Waals surface area contributed by atoms with Crippen molar-refractivity contribution in [2.75, 3.05) is 0 Å². The summed E-state index contributed by atoms with van der Waals surface area (Å²) in [4.78, 5) is 11.6. The molecule has 14 heavy (non-hydrogen) atoms. The van der Waals surface area contributed by atoms with E-state index < -0.39 is 0 Å². The lowest BCUT2D eigenvalue weighted by molar-refractivity contribution is 0.0318. The molecule has 2 rings (SSSR count). The highest BCUT2D eigenvalue weighted by Crippen LogP contribution is 2.21. The first-order chi connectivity index (χ1) is 6.86. The molecule has 1 aromatic carbocycles. The fraction of sp³-hybridized carbons (Fsp3) is 0.417. The quantitative estimate of drug-likeness (QED) is 0.670. The zero-order valence-electron chi connectivity index (χ0n) is 8.11. The van der Waals surface area contributed by atoms with Gasteiger partial charge in [-0.3, -0.25) is 0 Å². The van der Waals surface area contributed by atoms with Gasteiger partial charge in [0.15, 0.2) is 0 Å². The van der Waals surface area contributed by atoms with Crippen molar-refractivity contribution in [1.82, 2.24) is 0 Å². The number of ether oxygens (including phenoxy) is 1. The minimum Gasteiger partial charge on any atom is -0.459 e. The minimum absolute atomic E-state index is 0.155. The summed E-state index contributed by atoms with van der Waals surface area (Å²) in [6.07, 6.45) is 4.58. The van der Waals surface area contributed by atoms with Gasteiger partial charge >= 0.3 is 5.97 Å². The summed E-state index contributed by atoms with van der Waals surface area (Å²) in [6.45, 7) is 0. The standard InChI is InChI=1S/C12H14O2/c13-12(10-6-2-1-3-7-10)14-11-8-4-5-9-11/h1-3,6-7,11H,4-5,8-9H2. The summed E-state index contributed by atoms with van der Waals surface area (Å²) in [5.41, 5.74) is 0.652. The topological polar surface area (TPSA) is 26.3 Å². The molecule has 0 spiro atoms. The Labute approximate surface area is 83.9 Å². The second kappa shape index (κ2) is 4.27. The van der Waals surface area contributed by atoms with E-state index in [4.69, 9.17) is 4.74 Å². The number of carbonyl (C=O) groups excluding carboxylic acids is 1. The maximum Gasteiger partial charge on any atom is 0.338 e. The summed E-state index contributed by atoms with van der Waals surface area (Å²) in [5, 5.41) is 0. The Hall–Kier alpha value is -1.31. The summed E-state index contributed by atoms with van der Waals surface area (Å²) in [7, 11) is 0. The van der Waals surface area contributed by atoms with Gasteiger partial charge in [-0.1, -0.05) is 18.2 Å². The van der Waals surface area contributed by atoms with Gasteiger partial charge in [0.05, 0.1) is 5.56 Å². The van der Waals surface area contributed by atoms with Crippen molar-refractivity contribution in [2.45, 2.75) is 31.8 Å². The van der Waals surface area contributed by atoms with Gasteiger partial charge in [-0.05, 0) is 37.8 Å². The van der Waals surface area contributed by atoms with E-state index in [0.29, 0.717) is 5.56 Å². The highest BCUT2D eigenvalue weighted by atomic mass is 16.5. The van der Waals surface area contributed by atoms with Crippen LogP contribution in [0.3, 0.4) is 0 Å². The third-order valence-corrected chi connectivity index (χ3v) is 2.59. The van der Waals surface area contributed by atoms with Crippen LogP contribution in [-0.4, -0.2) is 12.1 Å². The van der Waals surface area contributed by atoms with Gasteiger partial charge in [0.2, 0.25) is 0 Å². The zero-order valence-corrected chi connectivity index (χ0v) is 8.11. The fourth-order valence-corrected chi connectivity index (χ4v) is 1.80. The lowest BCUT2D eigenvalue weighted by Gasteiger charge is -2.10. The monoisotopic (exact) mass is 190 g/mol. The average molecular weight is 190 g/mol. The Bertz CT molecular complexity index is 299. The molecule has 1 aliphatic rings. The van der Waals surface area contributed by atoms with E-state index in [-0.39, 0.29) is 12.1 Å². The van der Waals surface area contributed by atoms with Crippen molar-refractivity contribution in [2.24, 2.45) is 0 Å². The molecule has 1 fully saturated rings. The highest BCUT2D eigenvalue weighted by molar-refractivity contribution is 5.89. The molecule has 0 bridgehead atoms. The molecule has 0 N–H and O–H groups in total. The molecule has 2 heteroatoms. The molecule has 1 aliphatic carbocycles. The van der Waals surface area contributed by atoms with Crippen molar-refractivity contribution < 1.29 is 9.53 Å². The Morgan fingerprint density at radius 2 is 1.79 bits per heavy atom. The molecule has 0 aliphatic heterocycles. The fourth-order valence-electron chi connectivity index (χ4n) is 1.80. The largest absolute Gasteiger partial charge is 0.459 e. The number of rotatable bonds is 2. The second-order valence-corrected chi connectivity index (χ2v) is 3.68. The molecule has 0 unspecified atom stereocenters. The van der Waals surface area contributed by atoms with E-state index in [0.717, 1.165) is 12.8 Å². The predicted octanol–water partition coefficient (Wildman–Crippen LogP) is 2.79. The molecule has 0 atom stereocenters. The SMILES string of the molecule is O=C(OC1CCCC1)c1ccccc1. The second-order valence-electron chi connectivity index (χ2n) is 3.68. The number of esters is 1. The molecule has 0 amide bonds. The van der Waals surface area contributed by atoms with Gasteiger partial charge < -0.3 is 4.74 Å². The first-order valence-corrected chi connectivity index (χ1v) is 5.12. The molecule has 0 aromatic heterocycles. The summed E-state index contributed by atoms with van der Waals surface area (Å²) in [6, 6.07) is 9.18. The van der Waals surface area contributed by atoms with Gasteiger partial charge in [-0.25, -0.2) is 4.79 Å². The lowest BCUT2D eigenvalue weighted by Crippen LogP contribution is -2.14. The van der Waals surface area contributed by atoms with E-state index in [1.54, 1.807) is 12.1 Å². The Kier molecular flexibility index (Phi) is 2.82. The third kappa shape index (κ3) is 2.13. The van der Waals surface area contributed by atoms with Crippen LogP contribution in [0.4, 0.5) is 0 Å². The average Bonchev–Trinajstić information content (AvgIpc) is 2.72. The molecule has 0 saturated heterocycles. The van der Waals surface area contributed by atoms with Crippen LogP contribution >= 0.6 is 0 Å². The molecule has 1 saturated carbocycles. The Morgan fingerprint density at radius 3 is 2.43 bits per heavy atom. The molecular weight excluding hydrogens is 176 g/mol. The summed E-state index contributed by atoms with van der Waals surface area (Å²) >= 11 is 0. The molecular formula is C12H14O2. The van der Waals surface area contributed by atoms with Crippen LogP contribution in [0.15, 0.2) is 30.3 Å². The van der Waals surface area contributed by atoms with Crippen LogP contribution in [0.5, 0.6) is 0 Å². The van der Waals surface area contributed by atoms with Crippen LogP contribution in [0, 0.1) is 0 Å². The van der Waals surface area contributed by atoms with Crippen LogP contribution < -0.4 is 0 Å².